The molecule has 0 aliphatic heterocycles. The summed E-state index contributed by atoms with van der Waals surface area (Å²) in [7, 11) is 0. The van der Waals surface area contributed by atoms with Crippen LogP contribution >= 0.6 is 0 Å². The number of hydrogen-bond donors (Lipinski definition) is 2. The molecule has 5 atom stereocenters. The van der Waals surface area contributed by atoms with Crippen molar-refractivity contribution in [3.05, 3.63) is 58.2 Å². The molecule has 0 heterocycles. The summed E-state index contributed by atoms with van der Waals surface area (Å²) in [6.07, 6.45) is 7.98. The summed E-state index contributed by atoms with van der Waals surface area (Å²) >= 11 is 0. The van der Waals surface area contributed by atoms with Gasteiger partial charge in [0.05, 0.1) is 6.61 Å². The van der Waals surface area contributed by atoms with Crippen LogP contribution in [0.25, 0.3) is 0 Å². The highest BCUT2D eigenvalue weighted by Crippen LogP contribution is 2.66. The monoisotopic (exact) mass is 500 g/mol. The number of ketones is 1. The quantitative estimate of drug-likeness (QED) is 0.458. The van der Waals surface area contributed by atoms with Gasteiger partial charge in [0.25, 0.3) is 0 Å². The number of carbonyl (C=O) groups is 1. The summed E-state index contributed by atoms with van der Waals surface area (Å²) in [6.45, 7) is 12.9. The van der Waals surface area contributed by atoms with E-state index in [1.165, 1.54) is 22.3 Å². The fourth-order valence-corrected chi connectivity index (χ4v) is 7.72. The molecule has 5 rings (SSSR count). The van der Waals surface area contributed by atoms with E-state index in [4.69, 9.17) is 0 Å². The smallest absolute Gasteiger partial charge is 0.156 e. The number of benzene rings is 1. The molecule has 0 unspecified atom stereocenters. The van der Waals surface area contributed by atoms with E-state index in [0.29, 0.717) is 18.3 Å². The zero-order valence-corrected chi connectivity index (χ0v) is 23.6. The van der Waals surface area contributed by atoms with Gasteiger partial charge in [0, 0.05) is 28.6 Å². The Hall–Kier alpha value is -2.15. The van der Waals surface area contributed by atoms with Crippen LogP contribution in [0, 0.1) is 34.5 Å². The second-order valence-corrected chi connectivity index (χ2v) is 14.1. The number of hydrogen-bond acceptors (Lipinski definition) is 3. The maximum atomic E-state index is 12.3. The fourth-order valence-electron chi connectivity index (χ4n) is 7.72. The molecule has 4 aliphatic carbocycles. The van der Waals surface area contributed by atoms with Crippen LogP contribution in [-0.4, -0.2) is 28.2 Å². The lowest BCUT2D eigenvalue weighted by molar-refractivity contribution is -0.114. The third-order valence-electron chi connectivity index (χ3n) is 10.0. The van der Waals surface area contributed by atoms with E-state index in [1.807, 2.05) is 6.08 Å². The van der Waals surface area contributed by atoms with Gasteiger partial charge in [-0.15, -0.1) is 0 Å². The van der Waals surface area contributed by atoms with E-state index in [1.54, 1.807) is 0 Å². The van der Waals surface area contributed by atoms with Crippen molar-refractivity contribution in [3.63, 3.8) is 0 Å². The van der Waals surface area contributed by atoms with Crippen molar-refractivity contribution in [2.45, 2.75) is 103 Å². The first-order chi connectivity index (χ1) is 17.3. The van der Waals surface area contributed by atoms with E-state index in [2.05, 4.69) is 77.6 Å². The van der Waals surface area contributed by atoms with E-state index in [-0.39, 0.29) is 34.6 Å². The summed E-state index contributed by atoms with van der Waals surface area (Å²) in [4.78, 5) is 12.3. The molecule has 0 bridgehead atoms. The Bertz CT molecular complexity index is 1210. The molecule has 1 aromatic carbocycles. The molecule has 3 heteroatoms. The number of carbonyl (C=O) groups excluding carboxylic acids is 1. The second kappa shape index (κ2) is 8.96. The van der Waals surface area contributed by atoms with Crippen LogP contribution in [0.1, 0.15) is 104 Å². The first-order valence-electron chi connectivity index (χ1n) is 14.2. The minimum Gasteiger partial charge on any atom is -0.395 e. The average Bonchev–Trinajstić information content (AvgIpc) is 3.12. The molecule has 0 aromatic heterocycles. The second-order valence-electron chi connectivity index (χ2n) is 14.1. The number of rotatable bonds is 3. The van der Waals surface area contributed by atoms with Gasteiger partial charge < -0.3 is 10.2 Å². The lowest BCUT2D eigenvalue weighted by Gasteiger charge is -2.53. The molecule has 4 aliphatic rings. The predicted octanol–water partition coefficient (Wildman–Crippen LogP) is 6.64. The van der Waals surface area contributed by atoms with Gasteiger partial charge in [-0.1, -0.05) is 62.5 Å². The largest absolute Gasteiger partial charge is 0.395 e. The Kier molecular flexibility index (Phi) is 6.41. The Morgan fingerprint density at radius 1 is 1.03 bits per heavy atom. The predicted molar refractivity (Wildman–Crippen MR) is 149 cm³/mol. The van der Waals surface area contributed by atoms with Gasteiger partial charge in [0.2, 0.25) is 0 Å². The Balaban J connectivity index is 1.64. The van der Waals surface area contributed by atoms with Crippen LogP contribution < -0.4 is 0 Å². The maximum Gasteiger partial charge on any atom is 0.156 e. The maximum absolute atomic E-state index is 12.3. The first-order valence-corrected chi connectivity index (χ1v) is 14.2. The van der Waals surface area contributed by atoms with Crippen molar-refractivity contribution in [2.75, 3.05) is 6.61 Å². The Morgan fingerprint density at radius 3 is 2.38 bits per heavy atom. The number of allylic oxidation sites excluding steroid dienone is 4. The third kappa shape index (κ3) is 4.45. The SMILES string of the molecule is CC(C)(C)C#C[C@]1(O)CC[C@H]2[C@@H]3CCC4=CC(=O)CCC4=C3[C@@H](c3ccc(C(C)(C)CO)cc3)C[C@@]21C. The molecule has 37 heavy (non-hydrogen) atoms. The van der Waals surface area contributed by atoms with Crippen molar-refractivity contribution < 1.29 is 15.0 Å². The molecular formula is C34H44O3. The van der Waals surface area contributed by atoms with Gasteiger partial charge in [-0.25, -0.2) is 0 Å². The van der Waals surface area contributed by atoms with Crippen LogP contribution in [0.2, 0.25) is 0 Å². The minimum atomic E-state index is -0.989. The van der Waals surface area contributed by atoms with Crippen LogP contribution in [-0.2, 0) is 10.2 Å². The van der Waals surface area contributed by atoms with Gasteiger partial charge in [0.1, 0.15) is 5.60 Å². The summed E-state index contributed by atoms with van der Waals surface area (Å²) in [5.41, 5.74) is 4.92. The van der Waals surface area contributed by atoms with Crippen molar-refractivity contribution >= 4 is 5.78 Å². The lowest BCUT2D eigenvalue weighted by Crippen LogP contribution is -2.51. The van der Waals surface area contributed by atoms with Gasteiger partial charge in [-0.2, -0.15) is 0 Å². The number of aliphatic hydroxyl groups is 2. The molecule has 2 fully saturated rings. The van der Waals surface area contributed by atoms with Crippen molar-refractivity contribution in [2.24, 2.45) is 22.7 Å². The van der Waals surface area contributed by atoms with E-state index < -0.39 is 5.60 Å². The highest BCUT2D eigenvalue weighted by Gasteiger charge is 2.62. The van der Waals surface area contributed by atoms with Gasteiger partial charge in [0.15, 0.2) is 5.78 Å². The molecule has 2 N–H and O–H groups in total. The van der Waals surface area contributed by atoms with Crippen molar-refractivity contribution in [3.8, 4) is 11.8 Å². The fraction of sp³-hybridized carbons (Fsp3) is 0.618. The molecule has 3 nitrogen and oxygen atoms in total. The normalized spacial score (nSPS) is 33.7. The topological polar surface area (TPSA) is 57.5 Å². The lowest BCUT2D eigenvalue weighted by atomic mass is 9.51. The zero-order chi connectivity index (χ0) is 26.8. The molecule has 0 saturated heterocycles. The van der Waals surface area contributed by atoms with Crippen LogP contribution in [0.15, 0.2) is 47.1 Å². The van der Waals surface area contributed by atoms with Crippen molar-refractivity contribution in [1.29, 1.82) is 0 Å². The van der Waals surface area contributed by atoms with E-state index in [9.17, 15) is 15.0 Å². The highest BCUT2D eigenvalue weighted by atomic mass is 16.3. The Morgan fingerprint density at radius 2 is 1.73 bits per heavy atom. The molecule has 198 valence electrons. The van der Waals surface area contributed by atoms with E-state index >= 15 is 0 Å². The molecule has 1 aromatic rings. The van der Waals surface area contributed by atoms with Gasteiger partial charge in [-0.3, -0.25) is 4.79 Å². The summed E-state index contributed by atoms with van der Waals surface area (Å²) in [5.74, 6) is 8.08. The van der Waals surface area contributed by atoms with Crippen LogP contribution in [0.4, 0.5) is 0 Å². The summed E-state index contributed by atoms with van der Waals surface area (Å²) in [6, 6.07) is 8.83. The molecular weight excluding hydrogens is 456 g/mol. The Labute approximate surface area is 223 Å². The average molecular weight is 501 g/mol. The van der Waals surface area contributed by atoms with Crippen molar-refractivity contribution in [1.82, 2.24) is 0 Å². The molecule has 0 radical (unpaired) electrons. The summed E-state index contributed by atoms with van der Waals surface area (Å²) in [5, 5.41) is 22.0. The molecule has 0 amide bonds. The molecule has 0 spiro atoms. The number of aliphatic hydroxyl groups excluding tert-OH is 1. The number of fused-ring (bicyclic) bond motifs is 4. The van der Waals surface area contributed by atoms with Gasteiger partial charge in [-0.05, 0) is 99.5 Å². The zero-order valence-electron chi connectivity index (χ0n) is 23.6. The molecule has 2 saturated carbocycles. The summed E-state index contributed by atoms with van der Waals surface area (Å²) < 4.78 is 0. The standard InChI is InChI=1S/C34H44O3/c1-31(2,3)17-18-34(37)16-15-29-27-13-9-23-19-25(36)12-14-26(23)30(27)28(20-33(29,34)6)22-7-10-24(11-8-22)32(4,5)21-35/h7-8,10-11,19,27-29,35,37H,9,12-16,20-21H2,1-6H3/t27-,28+,29-,33-,34+/m0/s1. The van der Waals surface area contributed by atoms with E-state index in [0.717, 1.165) is 44.1 Å². The highest BCUT2D eigenvalue weighted by molar-refractivity contribution is 5.93. The first kappa shape index (κ1) is 26.5. The van der Waals surface area contributed by atoms with Crippen LogP contribution in [0.5, 0.6) is 0 Å². The van der Waals surface area contributed by atoms with Crippen LogP contribution in [0.3, 0.4) is 0 Å². The minimum absolute atomic E-state index is 0.106. The van der Waals surface area contributed by atoms with Gasteiger partial charge >= 0.3 is 0 Å². The third-order valence-corrected chi connectivity index (χ3v) is 10.0.